The predicted molar refractivity (Wildman–Crippen MR) is 90.0 cm³/mol. The number of anilines is 1. The fraction of sp³-hybridized carbons (Fsp3) is 0.500. The van der Waals surface area contributed by atoms with Crippen molar-refractivity contribution >= 4 is 23.2 Å². The van der Waals surface area contributed by atoms with Crippen LogP contribution in [0.2, 0.25) is 5.02 Å². The molecule has 0 bridgehead atoms. The van der Waals surface area contributed by atoms with E-state index in [0.29, 0.717) is 22.2 Å². The summed E-state index contributed by atoms with van der Waals surface area (Å²) in [6.45, 7) is 5.45. The lowest BCUT2D eigenvalue weighted by molar-refractivity contribution is -0.121. The average molecular weight is 340 g/mol. The summed E-state index contributed by atoms with van der Waals surface area (Å²) in [5.41, 5.74) is -0.340. The predicted octanol–water partition coefficient (Wildman–Crippen LogP) is 2.82. The Balaban J connectivity index is 2.82. The van der Waals surface area contributed by atoms with Crippen molar-refractivity contribution in [2.24, 2.45) is 5.92 Å². The van der Waals surface area contributed by atoms with Crippen LogP contribution >= 0.6 is 11.6 Å². The quantitative estimate of drug-likeness (QED) is 0.798. The van der Waals surface area contributed by atoms with Gasteiger partial charge in [0.2, 0.25) is 5.91 Å². The molecular weight excluding hydrogens is 318 g/mol. The molecule has 0 fully saturated rings. The summed E-state index contributed by atoms with van der Waals surface area (Å²) in [6, 6.07) is 5.39. The summed E-state index contributed by atoms with van der Waals surface area (Å²) in [5, 5.41) is 15.3. The van der Waals surface area contributed by atoms with Crippen molar-refractivity contribution in [3.63, 3.8) is 0 Å². The van der Waals surface area contributed by atoms with Gasteiger partial charge in [0.05, 0.1) is 37.5 Å². The maximum atomic E-state index is 12.1. The highest BCUT2D eigenvalue weighted by Gasteiger charge is 2.29. The molecule has 2 N–H and O–H groups in total. The molecule has 0 spiro atoms. The number of rotatable bonds is 7. The van der Waals surface area contributed by atoms with Gasteiger partial charge < -0.3 is 20.1 Å². The molecule has 0 aliphatic carbocycles. The van der Waals surface area contributed by atoms with Crippen molar-refractivity contribution in [1.82, 2.24) is 5.32 Å². The summed E-state index contributed by atoms with van der Waals surface area (Å²) in [5.74, 6) is 0.662. The molecule has 1 aromatic carbocycles. The number of hydrogen-bond donors (Lipinski definition) is 2. The number of nitrogens with one attached hydrogen (secondary N) is 2. The van der Waals surface area contributed by atoms with E-state index in [1.807, 2.05) is 13.8 Å². The molecule has 0 aromatic heterocycles. The third-order valence-corrected chi connectivity index (χ3v) is 3.99. The number of benzene rings is 1. The van der Waals surface area contributed by atoms with Gasteiger partial charge >= 0.3 is 0 Å². The fourth-order valence-electron chi connectivity index (χ4n) is 1.81. The summed E-state index contributed by atoms with van der Waals surface area (Å²) in [4.78, 5) is 12.1. The molecule has 1 atom stereocenters. The lowest BCUT2D eigenvalue weighted by atomic mass is 9.90. The van der Waals surface area contributed by atoms with Crippen LogP contribution < -0.4 is 20.1 Å². The highest BCUT2D eigenvalue weighted by Crippen LogP contribution is 2.35. The van der Waals surface area contributed by atoms with Gasteiger partial charge in [0.1, 0.15) is 17.0 Å². The lowest BCUT2D eigenvalue weighted by Gasteiger charge is -2.27. The van der Waals surface area contributed by atoms with Crippen LogP contribution in [0.15, 0.2) is 12.1 Å². The lowest BCUT2D eigenvalue weighted by Crippen LogP contribution is -2.50. The van der Waals surface area contributed by atoms with Crippen LogP contribution in [0, 0.1) is 17.2 Å². The molecule has 1 amide bonds. The van der Waals surface area contributed by atoms with Crippen LogP contribution in [0.5, 0.6) is 11.5 Å². The number of nitrogens with zero attached hydrogens (tertiary/aromatic N) is 1. The Morgan fingerprint density at radius 3 is 2.43 bits per heavy atom. The molecule has 0 saturated heterocycles. The summed E-state index contributed by atoms with van der Waals surface area (Å²) >= 11 is 6.04. The van der Waals surface area contributed by atoms with Crippen LogP contribution in [0.1, 0.15) is 20.8 Å². The number of nitriles is 1. The monoisotopic (exact) mass is 339 g/mol. The molecule has 0 unspecified atom stereocenters. The Bertz CT molecular complexity index is 613. The third-order valence-electron chi connectivity index (χ3n) is 3.70. The Labute approximate surface area is 141 Å². The van der Waals surface area contributed by atoms with Gasteiger partial charge in [-0.05, 0) is 12.8 Å². The van der Waals surface area contributed by atoms with E-state index in [4.69, 9.17) is 21.1 Å². The second kappa shape index (κ2) is 7.93. The molecule has 0 aliphatic rings. The van der Waals surface area contributed by atoms with Crippen molar-refractivity contribution < 1.29 is 14.3 Å². The zero-order valence-corrected chi connectivity index (χ0v) is 14.7. The number of halogens is 1. The molecule has 0 radical (unpaired) electrons. The van der Waals surface area contributed by atoms with Crippen molar-refractivity contribution in [2.75, 3.05) is 26.1 Å². The van der Waals surface area contributed by atoms with E-state index in [-0.39, 0.29) is 18.4 Å². The minimum atomic E-state index is -0.916. The van der Waals surface area contributed by atoms with E-state index in [1.54, 1.807) is 19.1 Å². The minimum absolute atomic E-state index is 0.00879. The SMILES string of the molecule is COc1cc(NCC(=O)N[C@](C)(C#N)C(C)C)c(OC)cc1Cl. The van der Waals surface area contributed by atoms with Crippen LogP contribution in [0.4, 0.5) is 5.69 Å². The first kappa shape index (κ1) is 18.9. The van der Waals surface area contributed by atoms with E-state index < -0.39 is 5.54 Å². The maximum Gasteiger partial charge on any atom is 0.240 e. The average Bonchev–Trinajstić information content (AvgIpc) is 2.52. The van der Waals surface area contributed by atoms with Crippen LogP contribution in [-0.4, -0.2) is 32.2 Å². The Morgan fingerprint density at radius 1 is 1.35 bits per heavy atom. The van der Waals surface area contributed by atoms with E-state index in [9.17, 15) is 10.1 Å². The van der Waals surface area contributed by atoms with E-state index in [0.717, 1.165) is 0 Å². The number of hydrogen-bond acceptors (Lipinski definition) is 5. The number of amides is 1. The highest BCUT2D eigenvalue weighted by molar-refractivity contribution is 6.32. The minimum Gasteiger partial charge on any atom is -0.495 e. The maximum absolute atomic E-state index is 12.1. The molecule has 7 heteroatoms. The van der Waals surface area contributed by atoms with E-state index >= 15 is 0 Å². The number of carbonyl (C=O) groups is 1. The zero-order valence-electron chi connectivity index (χ0n) is 14.0. The van der Waals surface area contributed by atoms with Gasteiger partial charge in [-0.2, -0.15) is 5.26 Å². The Hall–Kier alpha value is -2.13. The molecule has 1 rings (SSSR count). The first-order valence-electron chi connectivity index (χ1n) is 7.15. The second-order valence-corrected chi connectivity index (χ2v) is 5.96. The van der Waals surface area contributed by atoms with Crippen LogP contribution in [-0.2, 0) is 4.79 Å². The second-order valence-electron chi connectivity index (χ2n) is 5.56. The molecule has 1 aromatic rings. The highest BCUT2D eigenvalue weighted by atomic mass is 35.5. The summed E-state index contributed by atoms with van der Waals surface area (Å²) < 4.78 is 10.4. The number of carbonyl (C=O) groups excluding carboxylic acids is 1. The number of methoxy groups -OCH3 is 2. The molecular formula is C16H22ClN3O3. The standard InChI is InChI=1S/C16H22ClN3O3/c1-10(2)16(3,9-18)20-15(21)8-19-12-7-13(22-4)11(17)6-14(12)23-5/h6-7,10,19H,8H2,1-5H3,(H,20,21)/t16-/m1/s1. The number of ether oxygens (including phenoxy) is 2. The fourth-order valence-corrected chi connectivity index (χ4v) is 2.04. The van der Waals surface area contributed by atoms with E-state index in [1.165, 1.54) is 14.2 Å². The normalized spacial score (nSPS) is 13.0. The van der Waals surface area contributed by atoms with Crippen molar-refractivity contribution in [2.45, 2.75) is 26.3 Å². The molecule has 0 saturated carbocycles. The van der Waals surface area contributed by atoms with Gasteiger partial charge in [0.25, 0.3) is 0 Å². The summed E-state index contributed by atoms with van der Waals surface area (Å²) in [6.07, 6.45) is 0. The Kier molecular flexibility index (Phi) is 6.52. The Morgan fingerprint density at radius 2 is 1.96 bits per heavy atom. The first-order chi connectivity index (χ1) is 10.8. The van der Waals surface area contributed by atoms with Crippen molar-refractivity contribution in [3.05, 3.63) is 17.2 Å². The molecule has 23 heavy (non-hydrogen) atoms. The third kappa shape index (κ3) is 4.67. The molecule has 0 aliphatic heterocycles. The molecule has 126 valence electrons. The van der Waals surface area contributed by atoms with Crippen LogP contribution in [0.25, 0.3) is 0 Å². The van der Waals surface area contributed by atoms with Gasteiger partial charge in [0.15, 0.2) is 0 Å². The smallest absolute Gasteiger partial charge is 0.240 e. The zero-order chi connectivity index (χ0) is 17.6. The van der Waals surface area contributed by atoms with Gasteiger partial charge in [0, 0.05) is 12.1 Å². The van der Waals surface area contributed by atoms with E-state index in [2.05, 4.69) is 16.7 Å². The summed E-state index contributed by atoms with van der Waals surface area (Å²) in [7, 11) is 3.01. The van der Waals surface area contributed by atoms with Gasteiger partial charge in [-0.25, -0.2) is 0 Å². The van der Waals surface area contributed by atoms with Gasteiger partial charge in [-0.1, -0.05) is 25.4 Å². The first-order valence-corrected chi connectivity index (χ1v) is 7.52. The topological polar surface area (TPSA) is 83.4 Å². The van der Waals surface area contributed by atoms with Crippen molar-refractivity contribution in [3.8, 4) is 17.6 Å². The molecule has 0 heterocycles. The van der Waals surface area contributed by atoms with Crippen LogP contribution in [0.3, 0.4) is 0 Å². The van der Waals surface area contributed by atoms with Gasteiger partial charge in [-0.15, -0.1) is 0 Å². The van der Waals surface area contributed by atoms with Gasteiger partial charge in [-0.3, -0.25) is 4.79 Å². The largest absolute Gasteiger partial charge is 0.495 e. The van der Waals surface area contributed by atoms with Crippen molar-refractivity contribution in [1.29, 1.82) is 5.26 Å². The molecule has 6 nitrogen and oxygen atoms in total.